The van der Waals surface area contributed by atoms with Crippen molar-refractivity contribution in [1.29, 1.82) is 0 Å². The standard InChI is InChI=1S/C15H19ClN4O2/c1-10-18-14(19-22-10)8-15(21)17-9-13(20(2)3)11-6-4-5-7-12(11)16/h4-7,13H,8-9H2,1-3H3,(H,17,21). The SMILES string of the molecule is Cc1nc(CC(=O)NCC(c2ccccc2Cl)N(C)C)no1. The molecule has 1 atom stereocenters. The molecule has 1 N–H and O–H groups in total. The number of aromatic nitrogens is 2. The Morgan fingerprint density at radius 3 is 2.73 bits per heavy atom. The highest BCUT2D eigenvalue weighted by Gasteiger charge is 2.18. The van der Waals surface area contributed by atoms with Crippen molar-refractivity contribution in [2.75, 3.05) is 20.6 Å². The van der Waals surface area contributed by atoms with Gasteiger partial charge in [0, 0.05) is 18.5 Å². The molecule has 1 unspecified atom stereocenters. The van der Waals surface area contributed by atoms with Crippen LogP contribution in [-0.2, 0) is 11.2 Å². The lowest BCUT2D eigenvalue weighted by atomic mass is 10.1. The Hall–Kier alpha value is -1.92. The van der Waals surface area contributed by atoms with Crippen LogP contribution in [0, 0.1) is 6.92 Å². The largest absolute Gasteiger partial charge is 0.354 e. The molecule has 1 aromatic heterocycles. The first kappa shape index (κ1) is 16.5. The van der Waals surface area contributed by atoms with Crippen molar-refractivity contribution in [3.05, 3.63) is 46.6 Å². The normalized spacial score (nSPS) is 12.4. The van der Waals surface area contributed by atoms with E-state index in [2.05, 4.69) is 15.5 Å². The highest BCUT2D eigenvalue weighted by atomic mass is 35.5. The molecule has 2 aromatic rings. The summed E-state index contributed by atoms with van der Waals surface area (Å²) in [5, 5.41) is 7.28. The van der Waals surface area contributed by atoms with Gasteiger partial charge in [-0.25, -0.2) is 0 Å². The van der Waals surface area contributed by atoms with Crippen LogP contribution in [0.3, 0.4) is 0 Å². The number of rotatable bonds is 6. The van der Waals surface area contributed by atoms with Gasteiger partial charge in [0.1, 0.15) is 0 Å². The number of hydrogen-bond donors (Lipinski definition) is 1. The van der Waals surface area contributed by atoms with E-state index in [9.17, 15) is 4.79 Å². The van der Waals surface area contributed by atoms with Crippen molar-refractivity contribution >= 4 is 17.5 Å². The van der Waals surface area contributed by atoms with Gasteiger partial charge in [-0.15, -0.1) is 0 Å². The lowest BCUT2D eigenvalue weighted by Gasteiger charge is -2.25. The molecule has 0 aliphatic heterocycles. The van der Waals surface area contributed by atoms with E-state index in [1.807, 2.05) is 43.3 Å². The molecule has 0 spiro atoms. The van der Waals surface area contributed by atoms with Gasteiger partial charge < -0.3 is 14.7 Å². The molecule has 0 radical (unpaired) electrons. The third-order valence-electron chi connectivity index (χ3n) is 3.27. The third-order valence-corrected chi connectivity index (χ3v) is 3.61. The molecule has 0 bridgehead atoms. The zero-order chi connectivity index (χ0) is 16.1. The molecular formula is C15H19ClN4O2. The summed E-state index contributed by atoms with van der Waals surface area (Å²) in [4.78, 5) is 18.0. The highest BCUT2D eigenvalue weighted by Crippen LogP contribution is 2.25. The fourth-order valence-corrected chi connectivity index (χ4v) is 2.41. The summed E-state index contributed by atoms with van der Waals surface area (Å²) in [6.07, 6.45) is 0.0972. The molecule has 0 saturated heterocycles. The number of amides is 1. The van der Waals surface area contributed by atoms with Gasteiger partial charge in [-0.05, 0) is 25.7 Å². The van der Waals surface area contributed by atoms with Crippen molar-refractivity contribution in [1.82, 2.24) is 20.4 Å². The summed E-state index contributed by atoms with van der Waals surface area (Å²) in [5.41, 5.74) is 0.977. The Balaban J connectivity index is 1.97. The minimum Gasteiger partial charge on any atom is -0.354 e. The molecule has 1 aromatic carbocycles. The van der Waals surface area contributed by atoms with Crippen molar-refractivity contribution in [2.45, 2.75) is 19.4 Å². The van der Waals surface area contributed by atoms with Crippen molar-refractivity contribution in [3.8, 4) is 0 Å². The van der Waals surface area contributed by atoms with Gasteiger partial charge in [-0.3, -0.25) is 4.79 Å². The average Bonchev–Trinajstić information content (AvgIpc) is 2.85. The molecule has 0 aliphatic rings. The van der Waals surface area contributed by atoms with Gasteiger partial charge in [-0.1, -0.05) is 35.0 Å². The number of benzene rings is 1. The van der Waals surface area contributed by atoms with E-state index in [1.165, 1.54) is 0 Å². The smallest absolute Gasteiger partial charge is 0.227 e. The first-order valence-electron chi connectivity index (χ1n) is 6.94. The maximum atomic E-state index is 12.0. The van der Waals surface area contributed by atoms with Crippen molar-refractivity contribution < 1.29 is 9.32 Å². The van der Waals surface area contributed by atoms with Crippen LogP contribution in [0.25, 0.3) is 0 Å². The van der Waals surface area contributed by atoms with Crippen LogP contribution in [0.2, 0.25) is 5.02 Å². The summed E-state index contributed by atoms with van der Waals surface area (Å²) < 4.78 is 4.85. The minimum atomic E-state index is -0.153. The quantitative estimate of drug-likeness (QED) is 0.880. The number of likely N-dealkylation sites (N-methyl/N-ethyl adjacent to an activating group) is 1. The van der Waals surface area contributed by atoms with E-state index in [0.29, 0.717) is 23.3 Å². The fraction of sp³-hybridized carbons (Fsp3) is 0.400. The Bertz CT molecular complexity index is 642. The molecule has 6 nitrogen and oxygen atoms in total. The number of halogens is 1. The second-order valence-electron chi connectivity index (χ2n) is 5.21. The predicted molar refractivity (Wildman–Crippen MR) is 83.6 cm³/mol. The number of nitrogens with zero attached hydrogens (tertiary/aromatic N) is 3. The molecular weight excluding hydrogens is 304 g/mol. The van der Waals surface area contributed by atoms with E-state index in [1.54, 1.807) is 6.92 Å². The van der Waals surface area contributed by atoms with Crippen molar-refractivity contribution in [3.63, 3.8) is 0 Å². The van der Waals surface area contributed by atoms with Crippen LogP contribution in [0.5, 0.6) is 0 Å². The summed E-state index contributed by atoms with van der Waals surface area (Å²) in [7, 11) is 3.89. The zero-order valence-corrected chi connectivity index (χ0v) is 13.6. The van der Waals surface area contributed by atoms with Gasteiger partial charge in [0.2, 0.25) is 11.8 Å². The maximum absolute atomic E-state index is 12.0. The second kappa shape index (κ2) is 7.38. The first-order chi connectivity index (χ1) is 10.5. The molecule has 118 valence electrons. The topological polar surface area (TPSA) is 71.3 Å². The molecule has 2 rings (SSSR count). The molecule has 7 heteroatoms. The summed E-state index contributed by atoms with van der Waals surface area (Å²) in [6.45, 7) is 2.14. The Morgan fingerprint density at radius 2 is 2.14 bits per heavy atom. The van der Waals surface area contributed by atoms with Gasteiger partial charge in [0.15, 0.2) is 5.82 Å². The van der Waals surface area contributed by atoms with E-state index in [4.69, 9.17) is 16.1 Å². The minimum absolute atomic E-state index is 0.00958. The lowest BCUT2D eigenvalue weighted by molar-refractivity contribution is -0.120. The Kier molecular flexibility index (Phi) is 5.51. The molecule has 0 saturated carbocycles. The van der Waals surface area contributed by atoms with Gasteiger partial charge >= 0.3 is 0 Å². The monoisotopic (exact) mass is 322 g/mol. The Morgan fingerprint density at radius 1 is 1.41 bits per heavy atom. The summed E-state index contributed by atoms with van der Waals surface area (Å²) in [6, 6.07) is 7.61. The van der Waals surface area contributed by atoms with Crippen LogP contribution >= 0.6 is 11.6 Å². The zero-order valence-electron chi connectivity index (χ0n) is 12.8. The maximum Gasteiger partial charge on any atom is 0.227 e. The van der Waals surface area contributed by atoms with Crippen molar-refractivity contribution in [2.24, 2.45) is 0 Å². The van der Waals surface area contributed by atoms with E-state index in [0.717, 1.165) is 5.56 Å². The number of carbonyl (C=O) groups excluding carboxylic acids is 1. The van der Waals surface area contributed by atoms with Crippen LogP contribution in [0.15, 0.2) is 28.8 Å². The molecule has 22 heavy (non-hydrogen) atoms. The predicted octanol–water partition coefficient (Wildman–Crippen LogP) is 1.99. The van der Waals surface area contributed by atoms with Gasteiger partial charge in [0.05, 0.1) is 12.5 Å². The number of hydrogen-bond acceptors (Lipinski definition) is 5. The molecule has 0 fully saturated rings. The lowest BCUT2D eigenvalue weighted by Crippen LogP contribution is -2.35. The Labute approximate surface area is 134 Å². The second-order valence-corrected chi connectivity index (χ2v) is 5.62. The van der Waals surface area contributed by atoms with E-state index >= 15 is 0 Å². The summed E-state index contributed by atoms with van der Waals surface area (Å²) in [5.74, 6) is 0.680. The average molecular weight is 323 g/mol. The molecule has 1 amide bonds. The first-order valence-corrected chi connectivity index (χ1v) is 7.32. The van der Waals surface area contributed by atoms with Crippen LogP contribution in [0.4, 0.5) is 0 Å². The van der Waals surface area contributed by atoms with E-state index < -0.39 is 0 Å². The van der Waals surface area contributed by atoms with Crippen LogP contribution in [-0.4, -0.2) is 41.6 Å². The fourth-order valence-electron chi connectivity index (χ4n) is 2.15. The number of carbonyl (C=O) groups is 1. The number of aryl methyl sites for hydroxylation is 1. The highest BCUT2D eigenvalue weighted by molar-refractivity contribution is 6.31. The van der Waals surface area contributed by atoms with Gasteiger partial charge in [0.25, 0.3) is 0 Å². The summed E-state index contributed by atoms with van der Waals surface area (Å²) >= 11 is 6.24. The van der Waals surface area contributed by atoms with Gasteiger partial charge in [-0.2, -0.15) is 4.98 Å². The number of nitrogens with one attached hydrogen (secondary N) is 1. The van der Waals surface area contributed by atoms with E-state index in [-0.39, 0.29) is 18.4 Å². The third kappa shape index (κ3) is 4.29. The van der Waals surface area contributed by atoms with Crippen LogP contribution in [0.1, 0.15) is 23.3 Å². The molecule has 1 heterocycles. The molecule has 0 aliphatic carbocycles. The van der Waals surface area contributed by atoms with Crippen LogP contribution < -0.4 is 5.32 Å².